The minimum atomic E-state index is -0.528. The van der Waals surface area contributed by atoms with Crippen molar-refractivity contribution < 1.29 is 18.8 Å². The first kappa shape index (κ1) is 17.2. The number of primary amides is 1. The monoisotopic (exact) mass is 351 g/mol. The predicted molar refractivity (Wildman–Crippen MR) is 96.0 cm³/mol. The van der Waals surface area contributed by atoms with E-state index in [1.165, 1.54) is 12.1 Å². The second kappa shape index (κ2) is 7.52. The standard InChI is InChI=1S/C19H17N3O4/c1-2-25-15-9-5-12(6-10-15)17-11-16(22-26-17)19(24)21-14-7-3-13(4-8-14)18(20)23/h3-11H,2H2,1H3,(H2,20,23)(H,21,24). The summed E-state index contributed by atoms with van der Waals surface area (Å²) in [5, 5.41) is 6.48. The molecule has 0 atom stereocenters. The Hall–Kier alpha value is -3.61. The van der Waals surface area contributed by atoms with Crippen LogP contribution in [0.5, 0.6) is 5.75 Å². The predicted octanol–water partition coefficient (Wildman–Crippen LogP) is 3.09. The Balaban J connectivity index is 1.70. The molecule has 132 valence electrons. The van der Waals surface area contributed by atoms with Crippen LogP contribution in [0.15, 0.2) is 59.1 Å². The molecule has 0 spiro atoms. The molecule has 2 aromatic carbocycles. The molecule has 26 heavy (non-hydrogen) atoms. The van der Waals surface area contributed by atoms with Crippen molar-refractivity contribution in [2.75, 3.05) is 11.9 Å². The Morgan fingerprint density at radius 2 is 1.81 bits per heavy atom. The van der Waals surface area contributed by atoms with Gasteiger partial charge in [-0.3, -0.25) is 9.59 Å². The topological polar surface area (TPSA) is 107 Å². The van der Waals surface area contributed by atoms with Gasteiger partial charge in [-0.15, -0.1) is 0 Å². The number of amides is 2. The molecule has 0 bridgehead atoms. The molecule has 3 aromatic rings. The summed E-state index contributed by atoms with van der Waals surface area (Å²) in [4.78, 5) is 23.3. The Bertz CT molecular complexity index is 915. The van der Waals surface area contributed by atoms with Crippen LogP contribution in [0.25, 0.3) is 11.3 Å². The highest BCUT2D eigenvalue weighted by molar-refractivity contribution is 6.03. The number of nitrogens with one attached hydrogen (secondary N) is 1. The van der Waals surface area contributed by atoms with Crippen LogP contribution >= 0.6 is 0 Å². The summed E-state index contributed by atoms with van der Waals surface area (Å²) in [5.41, 5.74) is 7.00. The highest BCUT2D eigenvalue weighted by Gasteiger charge is 2.14. The Morgan fingerprint density at radius 1 is 1.12 bits per heavy atom. The maximum atomic E-state index is 12.3. The number of carbonyl (C=O) groups excluding carboxylic acids is 2. The molecule has 1 heterocycles. The van der Waals surface area contributed by atoms with Crippen LogP contribution in [-0.2, 0) is 0 Å². The van der Waals surface area contributed by atoms with Gasteiger partial charge < -0.3 is 20.3 Å². The molecule has 0 saturated heterocycles. The second-order valence-electron chi connectivity index (χ2n) is 5.43. The molecule has 3 N–H and O–H groups in total. The number of anilines is 1. The SMILES string of the molecule is CCOc1ccc(-c2cc(C(=O)Nc3ccc(C(N)=O)cc3)no2)cc1. The third-order valence-electron chi connectivity index (χ3n) is 3.62. The summed E-state index contributed by atoms with van der Waals surface area (Å²) in [6.45, 7) is 2.50. The molecule has 0 aliphatic carbocycles. The van der Waals surface area contributed by atoms with E-state index in [9.17, 15) is 9.59 Å². The number of carbonyl (C=O) groups is 2. The van der Waals surface area contributed by atoms with Gasteiger partial charge in [-0.1, -0.05) is 5.16 Å². The van der Waals surface area contributed by atoms with Crippen LogP contribution in [0.2, 0.25) is 0 Å². The molecule has 0 aliphatic rings. The molecule has 1 aromatic heterocycles. The zero-order chi connectivity index (χ0) is 18.5. The minimum absolute atomic E-state index is 0.146. The van der Waals surface area contributed by atoms with E-state index in [-0.39, 0.29) is 5.69 Å². The lowest BCUT2D eigenvalue weighted by molar-refractivity contribution is 0.0997. The van der Waals surface area contributed by atoms with Gasteiger partial charge in [-0.25, -0.2) is 0 Å². The number of nitrogens with zero attached hydrogens (tertiary/aromatic N) is 1. The van der Waals surface area contributed by atoms with E-state index in [0.29, 0.717) is 23.6 Å². The first-order chi connectivity index (χ1) is 12.6. The van der Waals surface area contributed by atoms with Crippen LogP contribution in [0.1, 0.15) is 27.8 Å². The third-order valence-corrected chi connectivity index (χ3v) is 3.62. The zero-order valence-corrected chi connectivity index (χ0v) is 14.1. The molecule has 0 saturated carbocycles. The van der Waals surface area contributed by atoms with Gasteiger partial charge >= 0.3 is 0 Å². The Labute approximate surface area is 149 Å². The lowest BCUT2D eigenvalue weighted by Gasteiger charge is -2.03. The number of hydrogen-bond acceptors (Lipinski definition) is 5. The maximum absolute atomic E-state index is 12.3. The maximum Gasteiger partial charge on any atom is 0.277 e. The van der Waals surface area contributed by atoms with Crippen LogP contribution in [0, 0.1) is 0 Å². The van der Waals surface area contributed by atoms with Gasteiger partial charge in [0.1, 0.15) is 5.75 Å². The molecular weight excluding hydrogens is 334 g/mol. The number of benzene rings is 2. The highest BCUT2D eigenvalue weighted by atomic mass is 16.5. The van der Waals surface area contributed by atoms with Gasteiger partial charge in [0.05, 0.1) is 6.61 Å². The van der Waals surface area contributed by atoms with E-state index in [2.05, 4.69) is 10.5 Å². The van der Waals surface area contributed by atoms with Crippen molar-refractivity contribution >= 4 is 17.5 Å². The van der Waals surface area contributed by atoms with Crippen molar-refractivity contribution in [2.45, 2.75) is 6.92 Å². The fourth-order valence-corrected chi connectivity index (χ4v) is 2.31. The Kier molecular flexibility index (Phi) is 4.98. The van der Waals surface area contributed by atoms with E-state index >= 15 is 0 Å². The average molecular weight is 351 g/mol. The number of hydrogen-bond donors (Lipinski definition) is 2. The van der Waals surface area contributed by atoms with Gasteiger partial charge in [0.25, 0.3) is 5.91 Å². The smallest absolute Gasteiger partial charge is 0.277 e. The first-order valence-electron chi connectivity index (χ1n) is 7.98. The molecule has 0 unspecified atom stereocenters. The van der Waals surface area contributed by atoms with Crippen molar-refractivity contribution in [1.82, 2.24) is 5.16 Å². The number of rotatable bonds is 6. The van der Waals surface area contributed by atoms with E-state index in [1.54, 1.807) is 18.2 Å². The van der Waals surface area contributed by atoms with Crippen LogP contribution < -0.4 is 15.8 Å². The van der Waals surface area contributed by atoms with Crippen molar-refractivity contribution in [3.8, 4) is 17.1 Å². The van der Waals surface area contributed by atoms with Crippen molar-refractivity contribution in [3.63, 3.8) is 0 Å². The largest absolute Gasteiger partial charge is 0.494 e. The summed E-state index contributed by atoms with van der Waals surface area (Å²) in [6.07, 6.45) is 0. The minimum Gasteiger partial charge on any atom is -0.494 e. The van der Waals surface area contributed by atoms with E-state index < -0.39 is 11.8 Å². The third kappa shape index (κ3) is 3.89. The molecule has 7 heteroatoms. The number of aromatic nitrogens is 1. The Morgan fingerprint density at radius 3 is 2.42 bits per heavy atom. The van der Waals surface area contributed by atoms with Crippen LogP contribution in [0.4, 0.5) is 5.69 Å². The lowest BCUT2D eigenvalue weighted by Crippen LogP contribution is -2.13. The zero-order valence-electron chi connectivity index (χ0n) is 14.1. The van der Waals surface area contributed by atoms with Gasteiger partial charge in [0.2, 0.25) is 5.91 Å². The summed E-state index contributed by atoms with van der Waals surface area (Å²) >= 11 is 0. The molecule has 3 rings (SSSR count). The van der Waals surface area contributed by atoms with Crippen LogP contribution in [0.3, 0.4) is 0 Å². The van der Waals surface area contributed by atoms with Crippen LogP contribution in [-0.4, -0.2) is 23.6 Å². The fraction of sp³-hybridized carbons (Fsp3) is 0.105. The first-order valence-corrected chi connectivity index (χ1v) is 7.98. The van der Waals surface area contributed by atoms with E-state index in [1.807, 2.05) is 31.2 Å². The molecule has 2 amide bonds. The summed E-state index contributed by atoms with van der Waals surface area (Å²) in [6, 6.07) is 15.1. The van der Waals surface area contributed by atoms with E-state index in [0.717, 1.165) is 11.3 Å². The number of ether oxygens (including phenoxy) is 1. The van der Waals surface area contributed by atoms with Crippen molar-refractivity contribution in [1.29, 1.82) is 0 Å². The molecule has 0 radical (unpaired) electrons. The quantitative estimate of drug-likeness (QED) is 0.709. The van der Waals surface area contributed by atoms with Gasteiger partial charge in [-0.05, 0) is 55.5 Å². The summed E-state index contributed by atoms with van der Waals surface area (Å²) in [7, 11) is 0. The molecular formula is C19H17N3O4. The average Bonchev–Trinajstić information content (AvgIpc) is 3.13. The highest BCUT2D eigenvalue weighted by Crippen LogP contribution is 2.23. The van der Waals surface area contributed by atoms with Crippen molar-refractivity contribution in [2.24, 2.45) is 5.73 Å². The molecule has 0 aliphatic heterocycles. The van der Waals surface area contributed by atoms with Crippen molar-refractivity contribution in [3.05, 3.63) is 65.9 Å². The normalized spacial score (nSPS) is 10.3. The number of nitrogens with two attached hydrogens (primary N) is 1. The van der Waals surface area contributed by atoms with Gasteiger partial charge in [-0.2, -0.15) is 0 Å². The summed E-state index contributed by atoms with van der Waals surface area (Å²) in [5.74, 6) is 0.285. The summed E-state index contributed by atoms with van der Waals surface area (Å²) < 4.78 is 10.6. The molecule has 0 fully saturated rings. The fourth-order valence-electron chi connectivity index (χ4n) is 2.31. The molecule has 7 nitrogen and oxygen atoms in total. The van der Waals surface area contributed by atoms with Gasteiger partial charge in [0.15, 0.2) is 11.5 Å². The van der Waals surface area contributed by atoms with E-state index in [4.69, 9.17) is 15.0 Å². The van der Waals surface area contributed by atoms with Gasteiger partial charge in [0, 0.05) is 22.9 Å². The lowest BCUT2D eigenvalue weighted by atomic mass is 10.1. The second-order valence-corrected chi connectivity index (χ2v) is 5.43.